The average molecular weight is 230 g/mol. The zero-order valence-corrected chi connectivity index (χ0v) is 10.4. The highest BCUT2D eigenvalue weighted by Gasteiger charge is 2.06. The van der Waals surface area contributed by atoms with E-state index in [0.29, 0.717) is 5.92 Å². The topological polar surface area (TPSA) is 20.2 Å². The van der Waals surface area contributed by atoms with Crippen LogP contribution in [0.4, 0.5) is 0 Å². The van der Waals surface area contributed by atoms with Crippen LogP contribution < -0.4 is 0 Å². The first-order chi connectivity index (χ1) is 6.68. The van der Waals surface area contributed by atoms with Crippen LogP contribution in [0.15, 0.2) is 16.8 Å². The quantitative estimate of drug-likeness (QED) is 0.810. The molecule has 1 rings (SSSR count). The molecule has 0 aromatic carbocycles. The second-order valence-corrected chi connectivity index (χ2v) is 5.78. The molecule has 0 fully saturated rings. The van der Waals surface area contributed by atoms with Gasteiger partial charge in [-0.3, -0.25) is 0 Å². The van der Waals surface area contributed by atoms with E-state index in [1.54, 1.807) is 11.3 Å². The molecule has 0 bridgehead atoms. The Balaban J connectivity index is 2.13. The van der Waals surface area contributed by atoms with Crippen LogP contribution in [0.2, 0.25) is 0 Å². The Morgan fingerprint density at radius 3 is 2.79 bits per heavy atom. The van der Waals surface area contributed by atoms with Gasteiger partial charge in [-0.25, -0.2) is 0 Å². The van der Waals surface area contributed by atoms with E-state index in [1.165, 1.54) is 5.56 Å². The van der Waals surface area contributed by atoms with E-state index in [-0.39, 0.29) is 6.10 Å². The Bertz CT molecular complexity index is 231. The minimum absolute atomic E-state index is 0.187. The molecular formula is C11H18OS2. The van der Waals surface area contributed by atoms with Gasteiger partial charge < -0.3 is 5.11 Å². The van der Waals surface area contributed by atoms with Crippen molar-refractivity contribution in [2.24, 2.45) is 5.92 Å². The lowest BCUT2D eigenvalue weighted by molar-refractivity contribution is 0.200. The number of hydrogen-bond donors (Lipinski definition) is 1. The van der Waals surface area contributed by atoms with Crippen LogP contribution in [0.3, 0.4) is 0 Å². The monoisotopic (exact) mass is 230 g/mol. The van der Waals surface area contributed by atoms with Crippen LogP contribution >= 0.6 is 23.1 Å². The van der Waals surface area contributed by atoms with Gasteiger partial charge in [0.15, 0.2) is 0 Å². The molecule has 0 aliphatic heterocycles. The number of hydrogen-bond acceptors (Lipinski definition) is 3. The van der Waals surface area contributed by atoms with Crippen molar-refractivity contribution < 1.29 is 5.11 Å². The third-order valence-electron chi connectivity index (χ3n) is 1.81. The third-order valence-corrected chi connectivity index (χ3v) is 4.07. The summed E-state index contributed by atoms with van der Waals surface area (Å²) >= 11 is 3.54. The summed E-state index contributed by atoms with van der Waals surface area (Å²) in [5.41, 5.74) is 1.26. The highest BCUT2D eigenvalue weighted by Crippen LogP contribution is 2.13. The summed E-state index contributed by atoms with van der Waals surface area (Å²) in [5, 5.41) is 13.9. The van der Waals surface area contributed by atoms with Crippen LogP contribution in [-0.2, 0) is 6.42 Å². The number of aliphatic hydroxyl groups excluding tert-OH is 1. The van der Waals surface area contributed by atoms with Crippen molar-refractivity contribution in [2.75, 3.05) is 11.5 Å². The predicted octanol–water partition coefficient (Wildman–Crippen LogP) is 3.04. The van der Waals surface area contributed by atoms with Crippen LogP contribution in [0.25, 0.3) is 0 Å². The molecule has 80 valence electrons. The largest absolute Gasteiger partial charge is 0.392 e. The van der Waals surface area contributed by atoms with Crippen molar-refractivity contribution >= 4 is 23.1 Å². The van der Waals surface area contributed by atoms with E-state index < -0.39 is 0 Å². The Morgan fingerprint density at radius 1 is 1.43 bits per heavy atom. The Morgan fingerprint density at radius 2 is 2.21 bits per heavy atom. The summed E-state index contributed by atoms with van der Waals surface area (Å²) in [7, 11) is 0. The fourth-order valence-electron chi connectivity index (χ4n) is 1.18. The number of thiophene rings is 1. The highest BCUT2D eigenvalue weighted by molar-refractivity contribution is 7.99. The van der Waals surface area contributed by atoms with E-state index in [1.807, 2.05) is 11.8 Å². The normalized spacial score (nSPS) is 13.4. The molecule has 1 atom stereocenters. The van der Waals surface area contributed by atoms with E-state index in [9.17, 15) is 5.11 Å². The molecule has 1 nitrogen and oxygen atoms in total. The van der Waals surface area contributed by atoms with E-state index in [0.717, 1.165) is 17.9 Å². The van der Waals surface area contributed by atoms with Gasteiger partial charge in [-0.15, -0.1) is 0 Å². The summed E-state index contributed by atoms with van der Waals surface area (Å²) in [4.78, 5) is 0. The average Bonchev–Trinajstić information content (AvgIpc) is 2.56. The molecule has 0 saturated heterocycles. The molecule has 0 saturated carbocycles. The van der Waals surface area contributed by atoms with Crippen molar-refractivity contribution in [3.63, 3.8) is 0 Å². The molecule has 3 heteroatoms. The molecule has 1 aromatic heterocycles. The minimum Gasteiger partial charge on any atom is -0.392 e. The minimum atomic E-state index is -0.187. The first kappa shape index (κ1) is 12.1. The van der Waals surface area contributed by atoms with Gasteiger partial charge in [0.25, 0.3) is 0 Å². The van der Waals surface area contributed by atoms with Crippen LogP contribution in [0, 0.1) is 5.92 Å². The summed E-state index contributed by atoms with van der Waals surface area (Å²) in [5.74, 6) is 2.71. The summed E-state index contributed by atoms with van der Waals surface area (Å²) in [6, 6.07) is 2.08. The van der Waals surface area contributed by atoms with E-state index in [2.05, 4.69) is 30.7 Å². The van der Waals surface area contributed by atoms with Crippen molar-refractivity contribution in [1.29, 1.82) is 0 Å². The number of thioether (sulfide) groups is 1. The SMILES string of the molecule is CC(C)CSCC(O)Cc1ccsc1. The van der Waals surface area contributed by atoms with Gasteiger partial charge in [0, 0.05) is 5.75 Å². The van der Waals surface area contributed by atoms with Gasteiger partial charge in [-0.2, -0.15) is 23.1 Å². The van der Waals surface area contributed by atoms with Gasteiger partial charge in [0.2, 0.25) is 0 Å². The maximum atomic E-state index is 9.72. The molecule has 14 heavy (non-hydrogen) atoms. The smallest absolute Gasteiger partial charge is 0.0671 e. The zero-order valence-electron chi connectivity index (χ0n) is 8.77. The Labute approximate surface area is 94.5 Å². The fourth-order valence-corrected chi connectivity index (χ4v) is 2.86. The van der Waals surface area contributed by atoms with E-state index >= 15 is 0 Å². The lowest BCUT2D eigenvalue weighted by Crippen LogP contribution is -2.13. The molecule has 0 radical (unpaired) electrons. The number of rotatable bonds is 6. The van der Waals surface area contributed by atoms with Crippen molar-refractivity contribution in [1.82, 2.24) is 0 Å². The molecule has 0 aliphatic rings. The Hall–Kier alpha value is 0.01000. The highest BCUT2D eigenvalue weighted by atomic mass is 32.2. The molecule has 1 unspecified atom stereocenters. The van der Waals surface area contributed by atoms with Gasteiger partial charge in [-0.1, -0.05) is 13.8 Å². The van der Waals surface area contributed by atoms with Crippen molar-refractivity contribution in [3.05, 3.63) is 22.4 Å². The van der Waals surface area contributed by atoms with Gasteiger partial charge in [-0.05, 0) is 40.5 Å². The van der Waals surface area contributed by atoms with Gasteiger partial charge >= 0.3 is 0 Å². The second-order valence-electron chi connectivity index (χ2n) is 3.92. The lowest BCUT2D eigenvalue weighted by Gasteiger charge is -2.10. The Kier molecular flexibility index (Phi) is 5.60. The maximum Gasteiger partial charge on any atom is 0.0671 e. The molecule has 1 N–H and O–H groups in total. The maximum absolute atomic E-state index is 9.72. The fraction of sp³-hybridized carbons (Fsp3) is 0.636. The summed E-state index contributed by atoms with van der Waals surface area (Å²) in [6.45, 7) is 4.41. The van der Waals surface area contributed by atoms with Crippen LogP contribution in [0.1, 0.15) is 19.4 Å². The standard InChI is InChI=1S/C11H18OS2/c1-9(2)6-14-8-11(12)5-10-3-4-13-7-10/h3-4,7,9,11-12H,5-6,8H2,1-2H3. The van der Waals surface area contributed by atoms with E-state index in [4.69, 9.17) is 0 Å². The van der Waals surface area contributed by atoms with Gasteiger partial charge in [0.05, 0.1) is 6.10 Å². The van der Waals surface area contributed by atoms with Crippen molar-refractivity contribution in [3.8, 4) is 0 Å². The molecule has 1 heterocycles. The summed E-state index contributed by atoms with van der Waals surface area (Å²) < 4.78 is 0. The van der Waals surface area contributed by atoms with Gasteiger partial charge in [0.1, 0.15) is 0 Å². The van der Waals surface area contributed by atoms with Crippen LogP contribution in [-0.4, -0.2) is 22.7 Å². The first-order valence-electron chi connectivity index (χ1n) is 4.95. The summed E-state index contributed by atoms with van der Waals surface area (Å²) in [6.07, 6.45) is 0.613. The van der Waals surface area contributed by atoms with Crippen LogP contribution in [0.5, 0.6) is 0 Å². The second kappa shape index (κ2) is 6.49. The first-order valence-corrected chi connectivity index (χ1v) is 7.05. The lowest BCUT2D eigenvalue weighted by atomic mass is 10.2. The molecular weight excluding hydrogens is 212 g/mol. The molecule has 0 amide bonds. The molecule has 1 aromatic rings. The predicted molar refractivity (Wildman–Crippen MR) is 66.2 cm³/mol. The molecule has 0 aliphatic carbocycles. The number of aliphatic hydroxyl groups is 1. The third kappa shape index (κ3) is 5.03. The van der Waals surface area contributed by atoms with Crippen molar-refractivity contribution in [2.45, 2.75) is 26.4 Å². The zero-order chi connectivity index (χ0) is 10.4. The molecule has 0 spiro atoms.